The minimum atomic E-state index is -1.49. The van der Waals surface area contributed by atoms with Crippen molar-refractivity contribution in [3.63, 3.8) is 0 Å². The molecule has 0 aromatic carbocycles. The maximum Gasteiger partial charge on any atom is 0.249 e. The van der Waals surface area contributed by atoms with Gasteiger partial charge >= 0.3 is 0 Å². The fourth-order valence-corrected chi connectivity index (χ4v) is 5.46. The summed E-state index contributed by atoms with van der Waals surface area (Å²) >= 11 is 6.85. The zero-order chi connectivity index (χ0) is 28.1. The van der Waals surface area contributed by atoms with E-state index in [1.54, 1.807) is 0 Å². The molecule has 15 nitrogen and oxygen atoms in total. The molecule has 2 saturated heterocycles. The summed E-state index contributed by atoms with van der Waals surface area (Å²) in [4.78, 5) is 12.6. The predicted octanol–water partition coefficient (Wildman–Crippen LogP) is -5.15. The van der Waals surface area contributed by atoms with Crippen LogP contribution in [-0.4, -0.2) is 131 Å². The van der Waals surface area contributed by atoms with Gasteiger partial charge in [0.1, 0.15) is 24.4 Å². The smallest absolute Gasteiger partial charge is 0.249 e. The highest BCUT2D eigenvalue weighted by Crippen LogP contribution is 2.34. The van der Waals surface area contributed by atoms with E-state index in [0.29, 0.717) is 12.8 Å². The molecule has 3 aliphatic rings. The number of halogens is 1. The third-order valence-corrected chi connectivity index (χ3v) is 7.82. The monoisotopic (exact) mass is 570 g/mol. The Kier molecular flexibility index (Phi) is 11.9. The van der Waals surface area contributed by atoms with Gasteiger partial charge in [0, 0.05) is 12.6 Å². The zero-order valence-electron chi connectivity index (χ0n) is 21.1. The molecular weight excluding hydrogens is 528 g/mol. The Balaban J connectivity index is 1.82. The van der Waals surface area contributed by atoms with E-state index >= 15 is 0 Å². The molecule has 15 N–H and O–H groups in total. The standard InChI is InChI=1S/C22H43ClN6O9/c23-14-18(37-21-9(26)2-1-8(6-25)35-21)10(27)5-11(29-20(34)12(31)3-4-24)19(14)38-22-17(33)15(28)16(32)13(7-30)36-22/h8-19,21-22,30-33H,1-7,24-28H2,(H,29,34)/t8?,9?,10-,11+,12-,13?,14?,15-,16+,17?,18?,19-,21+,22+/m0/s1. The van der Waals surface area contributed by atoms with E-state index < -0.39 is 91.3 Å². The zero-order valence-corrected chi connectivity index (χ0v) is 21.9. The Morgan fingerprint density at radius 2 is 1.71 bits per heavy atom. The number of nitrogens with two attached hydrogens (primary N) is 5. The Labute approximate surface area is 226 Å². The van der Waals surface area contributed by atoms with E-state index in [-0.39, 0.29) is 32.0 Å². The van der Waals surface area contributed by atoms with Gasteiger partial charge in [-0.05, 0) is 32.2 Å². The molecule has 3 rings (SSSR count). The van der Waals surface area contributed by atoms with E-state index in [1.807, 2.05) is 0 Å². The number of rotatable bonds is 10. The third-order valence-electron chi connectivity index (χ3n) is 7.32. The molecule has 0 radical (unpaired) electrons. The van der Waals surface area contributed by atoms with Gasteiger partial charge in [-0.2, -0.15) is 0 Å². The van der Waals surface area contributed by atoms with Gasteiger partial charge in [0.25, 0.3) is 0 Å². The lowest BCUT2D eigenvalue weighted by Gasteiger charge is -2.48. The van der Waals surface area contributed by atoms with Crippen molar-refractivity contribution in [2.24, 2.45) is 28.7 Å². The highest BCUT2D eigenvalue weighted by Gasteiger charge is 2.51. The molecule has 0 bridgehead atoms. The summed E-state index contributed by atoms with van der Waals surface area (Å²) in [5.74, 6) is -0.710. The molecule has 2 aliphatic heterocycles. The topological polar surface area (TPSA) is 277 Å². The minimum absolute atomic E-state index is 0.0285. The van der Waals surface area contributed by atoms with Crippen LogP contribution in [0.4, 0.5) is 0 Å². The van der Waals surface area contributed by atoms with Crippen molar-refractivity contribution >= 4 is 17.5 Å². The first-order chi connectivity index (χ1) is 18.0. The second kappa shape index (κ2) is 14.2. The van der Waals surface area contributed by atoms with Crippen LogP contribution in [0.1, 0.15) is 25.7 Å². The number of hydrogen-bond donors (Lipinski definition) is 10. The molecule has 14 atom stereocenters. The van der Waals surface area contributed by atoms with Crippen LogP contribution in [0.15, 0.2) is 0 Å². The number of hydrogen-bond acceptors (Lipinski definition) is 14. The van der Waals surface area contributed by atoms with Crippen molar-refractivity contribution < 1.29 is 44.2 Å². The predicted molar refractivity (Wildman–Crippen MR) is 134 cm³/mol. The summed E-state index contributed by atoms with van der Waals surface area (Å²) in [5.41, 5.74) is 29.7. The average Bonchev–Trinajstić information content (AvgIpc) is 2.89. The lowest BCUT2D eigenvalue weighted by molar-refractivity contribution is -0.298. The Hall–Kier alpha value is -0.760. The van der Waals surface area contributed by atoms with Crippen LogP contribution >= 0.6 is 11.6 Å². The first-order valence-corrected chi connectivity index (χ1v) is 13.3. The van der Waals surface area contributed by atoms with Crippen LogP contribution in [-0.2, 0) is 23.7 Å². The van der Waals surface area contributed by atoms with Crippen molar-refractivity contribution in [3.05, 3.63) is 0 Å². The van der Waals surface area contributed by atoms with E-state index in [1.165, 1.54) is 0 Å². The second-order valence-electron chi connectivity index (χ2n) is 10.1. The highest BCUT2D eigenvalue weighted by molar-refractivity contribution is 6.21. The minimum Gasteiger partial charge on any atom is -0.394 e. The third kappa shape index (κ3) is 7.30. The number of amides is 1. The molecule has 16 heteroatoms. The maximum atomic E-state index is 12.6. The molecule has 0 aromatic rings. The number of nitrogens with one attached hydrogen (secondary N) is 1. The van der Waals surface area contributed by atoms with Crippen LogP contribution < -0.4 is 34.0 Å². The summed E-state index contributed by atoms with van der Waals surface area (Å²) < 4.78 is 23.6. The summed E-state index contributed by atoms with van der Waals surface area (Å²) in [5, 5.41) is 42.1. The number of aliphatic hydroxyl groups is 4. The van der Waals surface area contributed by atoms with Gasteiger partial charge in [-0.3, -0.25) is 4.79 Å². The summed E-state index contributed by atoms with van der Waals surface area (Å²) in [7, 11) is 0. The van der Waals surface area contributed by atoms with Crippen molar-refractivity contribution in [2.75, 3.05) is 19.7 Å². The van der Waals surface area contributed by atoms with Gasteiger partial charge in [0.15, 0.2) is 12.6 Å². The molecular formula is C22H43ClN6O9. The van der Waals surface area contributed by atoms with E-state index in [2.05, 4.69) is 5.32 Å². The molecule has 2 heterocycles. The molecule has 0 aromatic heterocycles. The first kappa shape index (κ1) is 31.8. The van der Waals surface area contributed by atoms with E-state index in [9.17, 15) is 25.2 Å². The molecule has 6 unspecified atom stereocenters. The Bertz CT molecular complexity index is 760. The summed E-state index contributed by atoms with van der Waals surface area (Å²) in [6.07, 6.45) is -8.39. The lowest BCUT2D eigenvalue weighted by atomic mass is 9.85. The van der Waals surface area contributed by atoms with Crippen LogP contribution in [0.3, 0.4) is 0 Å². The van der Waals surface area contributed by atoms with Crippen molar-refractivity contribution in [1.82, 2.24) is 5.32 Å². The number of carbonyl (C=O) groups excluding carboxylic acids is 1. The van der Waals surface area contributed by atoms with Crippen LogP contribution in [0.25, 0.3) is 0 Å². The summed E-state index contributed by atoms with van der Waals surface area (Å²) in [6.45, 7) is -0.214. The highest BCUT2D eigenvalue weighted by atomic mass is 35.5. The van der Waals surface area contributed by atoms with Crippen molar-refractivity contribution in [3.8, 4) is 0 Å². The molecule has 0 spiro atoms. The van der Waals surface area contributed by atoms with Gasteiger partial charge in [-0.15, -0.1) is 11.6 Å². The molecule has 3 fully saturated rings. The normalized spacial score (nSPS) is 44.9. The molecule has 1 amide bonds. The average molecular weight is 571 g/mol. The fourth-order valence-electron chi connectivity index (χ4n) is 4.98. The van der Waals surface area contributed by atoms with Gasteiger partial charge in [0.2, 0.25) is 5.91 Å². The molecule has 1 aliphatic carbocycles. The van der Waals surface area contributed by atoms with Crippen LogP contribution in [0.5, 0.6) is 0 Å². The quantitative estimate of drug-likeness (QED) is 0.110. The number of aliphatic hydroxyl groups excluding tert-OH is 4. The van der Waals surface area contributed by atoms with Gasteiger partial charge in [0.05, 0.1) is 48.4 Å². The van der Waals surface area contributed by atoms with Crippen molar-refractivity contribution in [2.45, 2.75) is 111 Å². The maximum absolute atomic E-state index is 12.6. The molecule has 222 valence electrons. The molecule has 38 heavy (non-hydrogen) atoms. The number of alkyl halides is 1. The van der Waals surface area contributed by atoms with E-state index in [4.69, 9.17) is 59.2 Å². The van der Waals surface area contributed by atoms with Gasteiger partial charge in [-0.1, -0.05) is 0 Å². The largest absolute Gasteiger partial charge is 0.394 e. The van der Waals surface area contributed by atoms with Gasteiger partial charge < -0.3 is 73.4 Å². The Morgan fingerprint density at radius 1 is 1.03 bits per heavy atom. The fraction of sp³-hybridized carbons (Fsp3) is 0.955. The summed E-state index contributed by atoms with van der Waals surface area (Å²) in [6, 6.07) is -3.21. The first-order valence-electron chi connectivity index (χ1n) is 12.9. The Morgan fingerprint density at radius 3 is 2.34 bits per heavy atom. The van der Waals surface area contributed by atoms with Crippen LogP contribution in [0, 0.1) is 0 Å². The SMILES string of the molecule is NCC[C@H](O)C(=O)N[C@@H]1C[C@H](N)C(O[C@H]2OC(CN)CCC2N)C(Cl)[C@H]1O[C@H]1OC(CO)[C@@H](O)[C@H](N)C1O. The second-order valence-corrected chi connectivity index (χ2v) is 10.6. The van der Waals surface area contributed by atoms with Crippen LogP contribution in [0.2, 0.25) is 0 Å². The van der Waals surface area contributed by atoms with Crippen molar-refractivity contribution in [1.29, 1.82) is 0 Å². The van der Waals surface area contributed by atoms with E-state index in [0.717, 1.165) is 0 Å². The van der Waals surface area contributed by atoms with Gasteiger partial charge in [-0.25, -0.2) is 0 Å². The number of carbonyl (C=O) groups is 1. The number of ether oxygens (including phenoxy) is 4. The lowest BCUT2D eigenvalue weighted by Crippen LogP contribution is -2.68. The molecule has 1 saturated carbocycles.